The Morgan fingerprint density at radius 3 is 2.43 bits per heavy atom. The highest BCUT2D eigenvalue weighted by atomic mass is 32.2. The molecule has 1 rings (SSSR count). The van der Waals surface area contributed by atoms with Crippen molar-refractivity contribution in [2.24, 2.45) is 0 Å². The van der Waals surface area contributed by atoms with Crippen LogP contribution in [0.3, 0.4) is 0 Å². The monoisotopic (exact) mass is 313 g/mol. The fraction of sp³-hybridized carbons (Fsp3) is 0.625. The zero-order chi connectivity index (χ0) is 16.0. The van der Waals surface area contributed by atoms with Crippen molar-refractivity contribution in [2.75, 3.05) is 12.4 Å². The first kappa shape index (κ1) is 18.0. The summed E-state index contributed by atoms with van der Waals surface area (Å²) in [4.78, 5) is 0. The van der Waals surface area contributed by atoms with Crippen LogP contribution in [0.15, 0.2) is 18.2 Å². The van der Waals surface area contributed by atoms with Gasteiger partial charge in [-0.3, -0.25) is 0 Å². The molecule has 1 aromatic rings. The number of aryl methyl sites for hydroxylation is 1. The number of sulfone groups is 1. The van der Waals surface area contributed by atoms with Crippen LogP contribution in [0.25, 0.3) is 0 Å². The van der Waals surface area contributed by atoms with Crippen molar-refractivity contribution in [1.82, 2.24) is 5.32 Å². The molecule has 0 radical (unpaired) electrons. The quantitative estimate of drug-likeness (QED) is 0.802. The molecule has 0 bridgehead atoms. The Kier molecular flexibility index (Phi) is 6.68. The molecule has 0 saturated carbocycles. The van der Waals surface area contributed by atoms with E-state index in [2.05, 4.69) is 19.2 Å². The molecule has 0 amide bonds. The Balaban J connectivity index is 2.74. The highest BCUT2D eigenvalue weighted by Gasteiger charge is 2.16. The van der Waals surface area contributed by atoms with Crippen LogP contribution in [-0.4, -0.2) is 32.1 Å². The fourth-order valence-corrected chi connectivity index (χ4v) is 2.66. The summed E-state index contributed by atoms with van der Waals surface area (Å²) in [6, 6.07) is 6.36. The van der Waals surface area contributed by atoms with Crippen LogP contribution in [0.2, 0.25) is 0 Å². The largest absolute Gasteiger partial charge is 0.492 e. The lowest BCUT2D eigenvalue weighted by molar-refractivity contribution is 0.333. The number of para-hydroxylation sites is 1. The van der Waals surface area contributed by atoms with E-state index in [0.29, 0.717) is 12.6 Å². The van der Waals surface area contributed by atoms with Gasteiger partial charge in [-0.15, -0.1) is 0 Å². The van der Waals surface area contributed by atoms with Crippen LogP contribution in [0.5, 0.6) is 5.75 Å². The molecule has 0 aliphatic carbocycles. The van der Waals surface area contributed by atoms with Gasteiger partial charge in [-0.2, -0.15) is 0 Å². The lowest BCUT2D eigenvalue weighted by Crippen LogP contribution is -2.24. The molecule has 0 aliphatic heterocycles. The average molecular weight is 313 g/mol. The van der Waals surface area contributed by atoms with E-state index in [1.807, 2.05) is 25.1 Å². The van der Waals surface area contributed by atoms with Crippen LogP contribution < -0.4 is 10.1 Å². The number of nitrogens with one attached hydrogen (secondary N) is 1. The summed E-state index contributed by atoms with van der Waals surface area (Å²) >= 11 is 0. The van der Waals surface area contributed by atoms with E-state index in [1.165, 1.54) is 0 Å². The normalized spacial score (nSPS) is 12.1. The predicted octanol–water partition coefficient (Wildman–Crippen LogP) is 2.70. The van der Waals surface area contributed by atoms with Crippen molar-refractivity contribution in [2.45, 2.75) is 52.5 Å². The summed E-state index contributed by atoms with van der Waals surface area (Å²) in [6.07, 6.45) is 0. The van der Waals surface area contributed by atoms with Gasteiger partial charge in [0.2, 0.25) is 0 Å². The van der Waals surface area contributed by atoms with E-state index in [1.54, 1.807) is 13.8 Å². The van der Waals surface area contributed by atoms with E-state index < -0.39 is 9.84 Å². The highest BCUT2D eigenvalue weighted by molar-refractivity contribution is 7.91. The molecule has 0 aliphatic rings. The van der Waals surface area contributed by atoms with Gasteiger partial charge in [0.25, 0.3) is 0 Å². The number of hydrogen-bond donors (Lipinski definition) is 1. The third-order valence-corrected chi connectivity index (χ3v) is 5.50. The maximum Gasteiger partial charge on any atom is 0.155 e. The Labute approximate surface area is 128 Å². The molecule has 0 aromatic heterocycles. The van der Waals surface area contributed by atoms with Gasteiger partial charge in [-0.25, -0.2) is 8.42 Å². The van der Waals surface area contributed by atoms with Crippen LogP contribution >= 0.6 is 0 Å². The maximum absolute atomic E-state index is 11.8. The smallest absolute Gasteiger partial charge is 0.155 e. The number of benzene rings is 1. The maximum atomic E-state index is 11.8. The summed E-state index contributed by atoms with van der Waals surface area (Å²) in [6.45, 7) is 10.5. The van der Waals surface area contributed by atoms with Gasteiger partial charge in [-0.1, -0.05) is 32.0 Å². The Hall–Kier alpha value is -1.07. The first-order valence-corrected chi connectivity index (χ1v) is 9.12. The first-order valence-electron chi connectivity index (χ1n) is 7.40. The third-order valence-electron chi connectivity index (χ3n) is 3.33. The van der Waals surface area contributed by atoms with Crippen molar-refractivity contribution in [3.8, 4) is 5.75 Å². The van der Waals surface area contributed by atoms with Crippen molar-refractivity contribution in [1.29, 1.82) is 0 Å². The van der Waals surface area contributed by atoms with E-state index in [9.17, 15) is 8.42 Å². The minimum atomic E-state index is -3.06. The highest BCUT2D eigenvalue weighted by Crippen LogP contribution is 2.23. The third kappa shape index (κ3) is 5.67. The molecule has 1 N–H and O–H groups in total. The second-order valence-electron chi connectivity index (χ2n) is 5.86. The standard InChI is InChI=1S/C16H27NO3S/c1-12(2)17-11-15-8-6-7-14(5)16(15)20-9-10-21(18,19)13(3)4/h6-8,12-13,17H,9-11H2,1-5H3. The van der Waals surface area contributed by atoms with E-state index in [4.69, 9.17) is 4.74 Å². The molecule has 1 aromatic carbocycles. The Morgan fingerprint density at radius 1 is 1.19 bits per heavy atom. The first-order chi connectivity index (χ1) is 9.74. The molecular formula is C16H27NO3S. The Bertz CT molecular complexity index is 551. The summed E-state index contributed by atoms with van der Waals surface area (Å²) in [5.74, 6) is 0.848. The van der Waals surface area contributed by atoms with Crippen molar-refractivity contribution in [3.05, 3.63) is 29.3 Å². The molecule has 21 heavy (non-hydrogen) atoms. The summed E-state index contributed by atoms with van der Waals surface area (Å²) < 4.78 is 29.4. The minimum absolute atomic E-state index is 0.0516. The molecule has 0 atom stereocenters. The van der Waals surface area contributed by atoms with Crippen LogP contribution in [-0.2, 0) is 16.4 Å². The van der Waals surface area contributed by atoms with Gasteiger partial charge in [0.05, 0.1) is 11.0 Å². The molecule has 4 nitrogen and oxygen atoms in total. The summed E-state index contributed by atoms with van der Waals surface area (Å²) in [5.41, 5.74) is 2.09. The van der Waals surface area contributed by atoms with Gasteiger partial charge < -0.3 is 10.1 Å². The molecule has 0 spiro atoms. The average Bonchev–Trinajstić information content (AvgIpc) is 2.38. The zero-order valence-corrected chi connectivity index (χ0v) is 14.5. The lowest BCUT2D eigenvalue weighted by atomic mass is 10.1. The molecule has 0 saturated heterocycles. The molecular weight excluding hydrogens is 286 g/mol. The van der Waals surface area contributed by atoms with Gasteiger partial charge in [0.1, 0.15) is 12.4 Å². The van der Waals surface area contributed by atoms with Crippen LogP contribution in [0.4, 0.5) is 0 Å². The summed E-state index contributed by atoms with van der Waals surface area (Å²) in [5, 5.41) is 2.99. The fourth-order valence-electron chi connectivity index (χ4n) is 1.87. The van der Waals surface area contributed by atoms with Gasteiger partial charge >= 0.3 is 0 Å². The van der Waals surface area contributed by atoms with Gasteiger partial charge in [-0.05, 0) is 26.3 Å². The van der Waals surface area contributed by atoms with Crippen molar-refractivity contribution in [3.63, 3.8) is 0 Å². The van der Waals surface area contributed by atoms with E-state index in [0.717, 1.165) is 16.9 Å². The molecule has 120 valence electrons. The number of hydrogen-bond acceptors (Lipinski definition) is 4. The number of ether oxygens (including phenoxy) is 1. The van der Waals surface area contributed by atoms with Crippen LogP contribution in [0.1, 0.15) is 38.8 Å². The molecule has 0 unspecified atom stereocenters. The molecule has 0 fully saturated rings. The predicted molar refractivity (Wildman–Crippen MR) is 87.6 cm³/mol. The van der Waals surface area contributed by atoms with Gasteiger partial charge in [0.15, 0.2) is 9.84 Å². The van der Waals surface area contributed by atoms with Crippen molar-refractivity contribution >= 4 is 9.84 Å². The van der Waals surface area contributed by atoms with Crippen LogP contribution in [0, 0.1) is 6.92 Å². The zero-order valence-electron chi connectivity index (χ0n) is 13.6. The Morgan fingerprint density at radius 2 is 1.86 bits per heavy atom. The molecule has 0 heterocycles. The lowest BCUT2D eigenvalue weighted by Gasteiger charge is -2.16. The SMILES string of the molecule is Cc1cccc(CNC(C)C)c1OCCS(=O)(=O)C(C)C. The number of rotatable bonds is 8. The van der Waals surface area contributed by atoms with E-state index >= 15 is 0 Å². The minimum Gasteiger partial charge on any atom is -0.492 e. The second kappa shape index (κ2) is 7.80. The van der Waals surface area contributed by atoms with E-state index in [-0.39, 0.29) is 17.6 Å². The van der Waals surface area contributed by atoms with Crippen molar-refractivity contribution < 1.29 is 13.2 Å². The summed E-state index contributed by atoms with van der Waals surface area (Å²) in [7, 11) is -3.06. The molecule has 5 heteroatoms. The second-order valence-corrected chi connectivity index (χ2v) is 8.54. The van der Waals surface area contributed by atoms with Gasteiger partial charge in [0, 0.05) is 18.2 Å². The topological polar surface area (TPSA) is 55.4 Å².